The number of carbonyl (C=O) groups excluding carboxylic acids is 2. The highest BCUT2D eigenvalue weighted by Crippen LogP contribution is 2.29. The third-order valence-corrected chi connectivity index (χ3v) is 5.09. The van der Waals surface area contributed by atoms with Gasteiger partial charge in [0.05, 0.1) is 11.4 Å². The molecule has 3 N–H and O–H groups in total. The number of carbonyl (C=O) groups is 2. The second-order valence-corrected chi connectivity index (χ2v) is 7.02. The Balaban J connectivity index is 1.58. The van der Waals surface area contributed by atoms with Gasteiger partial charge in [-0.05, 0) is 35.8 Å². The van der Waals surface area contributed by atoms with Crippen molar-refractivity contribution in [2.24, 2.45) is 10.8 Å². The summed E-state index contributed by atoms with van der Waals surface area (Å²) in [5, 5.41) is 10.2. The van der Waals surface area contributed by atoms with Crippen LogP contribution in [0.4, 0.5) is 15.8 Å². The Labute approximate surface area is 169 Å². The van der Waals surface area contributed by atoms with Crippen LogP contribution in [-0.4, -0.2) is 27.9 Å². The molecule has 1 aromatic heterocycles. The molecule has 0 unspecified atom stereocenters. The van der Waals surface area contributed by atoms with Gasteiger partial charge in [0, 0.05) is 17.4 Å². The van der Waals surface area contributed by atoms with E-state index in [-0.39, 0.29) is 12.1 Å². The number of hydrogen-bond donors (Lipinski definition) is 2. The third kappa shape index (κ3) is 3.85. The van der Waals surface area contributed by atoms with Gasteiger partial charge in [-0.25, -0.2) is 4.39 Å². The van der Waals surface area contributed by atoms with Crippen LogP contribution < -0.4 is 16.1 Å². The molecule has 1 aliphatic rings. The molecule has 7 nitrogen and oxygen atoms in total. The van der Waals surface area contributed by atoms with Gasteiger partial charge < -0.3 is 11.1 Å². The summed E-state index contributed by atoms with van der Waals surface area (Å²) in [6.45, 7) is 0. The quantitative estimate of drug-likeness (QED) is 0.676. The minimum absolute atomic E-state index is 0.0524. The number of nitrogens with zero attached hydrogens (tertiary/aromatic N) is 3. The normalized spacial score (nSPS) is 15.8. The largest absolute Gasteiger partial charge is 0.368 e. The number of nitrogens with one attached hydrogen (secondary N) is 1. The molecule has 2 amide bonds. The highest BCUT2D eigenvalue weighted by molar-refractivity contribution is 7.04. The van der Waals surface area contributed by atoms with E-state index in [2.05, 4.69) is 14.8 Å². The minimum Gasteiger partial charge on any atom is -0.368 e. The van der Waals surface area contributed by atoms with Crippen molar-refractivity contribution in [3.63, 3.8) is 0 Å². The third-order valence-electron chi connectivity index (χ3n) is 4.46. The number of benzene rings is 2. The number of primary amides is 1. The molecule has 0 aliphatic carbocycles. The summed E-state index contributed by atoms with van der Waals surface area (Å²) < 4.78 is 17.6. The first kappa shape index (κ1) is 18.8. The number of halogens is 1. The molecule has 0 saturated heterocycles. The predicted octanol–water partition coefficient (Wildman–Crippen LogP) is 3.01. The molecule has 3 aromatic rings. The van der Waals surface area contributed by atoms with Crippen LogP contribution in [0.1, 0.15) is 6.42 Å². The van der Waals surface area contributed by atoms with Gasteiger partial charge in [-0.1, -0.05) is 30.3 Å². The summed E-state index contributed by atoms with van der Waals surface area (Å²) in [7, 11) is 0. The molecule has 1 aliphatic heterocycles. The minimum atomic E-state index is -0.824. The molecule has 2 heterocycles. The SMILES string of the molecule is NC(=O)[C@@H]1CC(C(=O)Nc2csnc2-c2ccccc2)=NN1c1ccc(F)cc1. The summed E-state index contributed by atoms with van der Waals surface area (Å²) in [6.07, 6.45) is 0.0524. The molecule has 0 bridgehead atoms. The molecule has 0 radical (unpaired) electrons. The zero-order chi connectivity index (χ0) is 20.4. The average Bonchev–Trinajstić information content (AvgIpc) is 3.36. The molecule has 146 valence electrons. The van der Waals surface area contributed by atoms with Gasteiger partial charge in [-0.15, -0.1) is 0 Å². The standard InChI is InChI=1S/C20H16FN5O2S/c21-13-6-8-14(9-7-13)26-17(19(22)27)10-15(24-26)20(28)23-16-11-29-25-18(16)12-4-2-1-3-5-12/h1-9,11,17H,10H2,(H2,22,27)(H,23,28)/t17-/m0/s1. The number of rotatable bonds is 5. The van der Waals surface area contributed by atoms with Crippen molar-refractivity contribution in [1.29, 1.82) is 0 Å². The van der Waals surface area contributed by atoms with Gasteiger partial charge in [0.2, 0.25) is 5.91 Å². The molecule has 9 heteroatoms. The maximum Gasteiger partial charge on any atom is 0.272 e. The summed E-state index contributed by atoms with van der Waals surface area (Å²) in [5.74, 6) is -1.48. The van der Waals surface area contributed by atoms with Crippen molar-refractivity contribution in [3.05, 3.63) is 65.8 Å². The fraction of sp³-hybridized carbons (Fsp3) is 0.100. The molecule has 1 atom stereocenters. The zero-order valence-electron chi connectivity index (χ0n) is 15.1. The molecular weight excluding hydrogens is 393 g/mol. The van der Waals surface area contributed by atoms with Crippen molar-refractivity contribution >= 4 is 40.4 Å². The van der Waals surface area contributed by atoms with Crippen LogP contribution in [0.25, 0.3) is 11.3 Å². The van der Waals surface area contributed by atoms with Crippen LogP contribution >= 0.6 is 11.5 Å². The number of hydrogen-bond acceptors (Lipinski definition) is 6. The van der Waals surface area contributed by atoms with Gasteiger partial charge >= 0.3 is 0 Å². The van der Waals surface area contributed by atoms with Crippen LogP contribution in [-0.2, 0) is 9.59 Å². The summed E-state index contributed by atoms with van der Waals surface area (Å²) in [5.41, 5.74) is 8.21. The number of anilines is 2. The first-order valence-electron chi connectivity index (χ1n) is 8.75. The fourth-order valence-corrected chi connectivity index (χ4v) is 3.66. The van der Waals surface area contributed by atoms with Gasteiger partial charge in [0.25, 0.3) is 5.91 Å². The molecule has 0 saturated carbocycles. The first-order chi connectivity index (χ1) is 14.0. The maximum atomic E-state index is 13.2. The van der Waals surface area contributed by atoms with Crippen LogP contribution in [0.2, 0.25) is 0 Å². The van der Waals surface area contributed by atoms with Crippen LogP contribution in [0.3, 0.4) is 0 Å². The van der Waals surface area contributed by atoms with E-state index in [1.807, 2.05) is 30.3 Å². The maximum absolute atomic E-state index is 13.2. The number of aromatic nitrogens is 1. The Morgan fingerprint density at radius 1 is 1.14 bits per heavy atom. The van der Waals surface area contributed by atoms with Crippen molar-refractivity contribution < 1.29 is 14.0 Å². The Morgan fingerprint density at radius 3 is 2.55 bits per heavy atom. The van der Waals surface area contributed by atoms with E-state index in [4.69, 9.17) is 5.73 Å². The Hall–Kier alpha value is -3.59. The van der Waals surface area contributed by atoms with Crippen LogP contribution in [0, 0.1) is 5.82 Å². The Bertz CT molecular complexity index is 1080. The lowest BCUT2D eigenvalue weighted by atomic mass is 10.1. The van der Waals surface area contributed by atoms with Crippen molar-refractivity contribution in [1.82, 2.24) is 4.37 Å². The van der Waals surface area contributed by atoms with Gasteiger partial charge in [0.1, 0.15) is 23.3 Å². The van der Waals surface area contributed by atoms with E-state index < -0.39 is 23.7 Å². The van der Waals surface area contributed by atoms with Crippen LogP contribution in [0.15, 0.2) is 65.1 Å². The first-order valence-corrected chi connectivity index (χ1v) is 9.59. The number of hydrazone groups is 1. The van der Waals surface area contributed by atoms with E-state index in [9.17, 15) is 14.0 Å². The van der Waals surface area contributed by atoms with E-state index in [0.717, 1.165) is 5.56 Å². The lowest BCUT2D eigenvalue weighted by Crippen LogP contribution is -2.39. The second kappa shape index (κ2) is 7.80. The number of amides is 2. The van der Waals surface area contributed by atoms with Crippen LogP contribution in [0.5, 0.6) is 0 Å². The topological polar surface area (TPSA) is 101 Å². The van der Waals surface area contributed by atoms with E-state index in [1.165, 1.54) is 40.8 Å². The summed E-state index contributed by atoms with van der Waals surface area (Å²) >= 11 is 1.23. The smallest absolute Gasteiger partial charge is 0.272 e. The monoisotopic (exact) mass is 409 g/mol. The lowest BCUT2D eigenvalue weighted by Gasteiger charge is -2.20. The molecule has 29 heavy (non-hydrogen) atoms. The Kier molecular flexibility index (Phi) is 5.05. The second-order valence-electron chi connectivity index (χ2n) is 6.39. The van der Waals surface area contributed by atoms with Crippen molar-refractivity contribution in [3.8, 4) is 11.3 Å². The van der Waals surface area contributed by atoms with Gasteiger partial charge in [-0.2, -0.15) is 9.47 Å². The zero-order valence-corrected chi connectivity index (χ0v) is 15.9. The molecule has 4 rings (SSSR count). The number of nitrogens with two attached hydrogens (primary N) is 1. The molecule has 0 spiro atoms. The van der Waals surface area contributed by atoms with E-state index in [1.54, 1.807) is 5.38 Å². The van der Waals surface area contributed by atoms with Crippen molar-refractivity contribution in [2.75, 3.05) is 10.3 Å². The highest BCUT2D eigenvalue weighted by atomic mass is 32.1. The van der Waals surface area contributed by atoms with E-state index in [0.29, 0.717) is 17.1 Å². The predicted molar refractivity (Wildman–Crippen MR) is 110 cm³/mol. The summed E-state index contributed by atoms with van der Waals surface area (Å²) in [6, 6.07) is 14.1. The van der Waals surface area contributed by atoms with Crippen molar-refractivity contribution in [2.45, 2.75) is 12.5 Å². The van der Waals surface area contributed by atoms with Gasteiger partial charge in [-0.3, -0.25) is 14.6 Å². The average molecular weight is 409 g/mol. The molecule has 0 fully saturated rings. The summed E-state index contributed by atoms with van der Waals surface area (Å²) in [4.78, 5) is 24.7. The molecular formula is C20H16FN5O2S. The lowest BCUT2D eigenvalue weighted by molar-refractivity contribution is -0.119. The Morgan fingerprint density at radius 2 is 1.86 bits per heavy atom. The molecule has 2 aromatic carbocycles. The van der Waals surface area contributed by atoms with Gasteiger partial charge in [0.15, 0.2) is 0 Å². The fourth-order valence-electron chi connectivity index (χ4n) is 3.03. The highest BCUT2D eigenvalue weighted by Gasteiger charge is 2.35. The van der Waals surface area contributed by atoms with E-state index >= 15 is 0 Å².